The molecule has 0 aliphatic heterocycles. The molecule has 0 unspecified atom stereocenters. The minimum atomic E-state index is -3.85. The molecular weight excluding hydrogens is 375 g/mol. The van der Waals surface area contributed by atoms with Crippen molar-refractivity contribution in [1.29, 1.82) is 0 Å². The zero-order valence-electron chi connectivity index (χ0n) is 14.0. The van der Waals surface area contributed by atoms with E-state index < -0.39 is 15.8 Å². The van der Waals surface area contributed by atoms with Gasteiger partial charge < -0.3 is 15.4 Å². The Balaban J connectivity index is 1.82. The van der Waals surface area contributed by atoms with Gasteiger partial charge in [0, 0.05) is 11.8 Å². The molecule has 0 aliphatic rings. The van der Waals surface area contributed by atoms with Crippen molar-refractivity contribution in [3.63, 3.8) is 0 Å². The quantitative estimate of drug-likeness (QED) is 0.583. The van der Waals surface area contributed by atoms with Crippen LogP contribution in [0.5, 0.6) is 5.88 Å². The second-order valence-electron chi connectivity index (χ2n) is 5.30. The summed E-state index contributed by atoms with van der Waals surface area (Å²) in [4.78, 5) is 11.8. The third-order valence-electron chi connectivity index (χ3n) is 3.37. The number of nitrogens with one attached hydrogen (secondary N) is 2. The summed E-state index contributed by atoms with van der Waals surface area (Å²) in [7, 11) is -2.36. The van der Waals surface area contributed by atoms with Gasteiger partial charge in [-0.2, -0.15) is 4.98 Å². The van der Waals surface area contributed by atoms with Crippen molar-refractivity contribution in [2.24, 2.45) is 5.14 Å². The smallest absolute Gasteiger partial charge is 0.238 e. The van der Waals surface area contributed by atoms with Crippen LogP contribution in [0.4, 0.5) is 27.5 Å². The van der Waals surface area contributed by atoms with E-state index in [4.69, 9.17) is 9.88 Å². The third-order valence-corrected chi connectivity index (χ3v) is 4.28. The summed E-state index contributed by atoms with van der Waals surface area (Å²) in [6, 6.07) is 9.04. The van der Waals surface area contributed by atoms with Crippen LogP contribution in [0.25, 0.3) is 0 Å². The lowest BCUT2D eigenvalue weighted by Gasteiger charge is -2.10. The van der Waals surface area contributed by atoms with Gasteiger partial charge in [-0.1, -0.05) is 6.07 Å². The van der Waals surface area contributed by atoms with E-state index in [2.05, 4.69) is 25.6 Å². The summed E-state index contributed by atoms with van der Waals surface area (Å²) in [5, 5.41) is 10.7. The number of nitrogens with two attached hydrogens (primary N) is 1. The van der Waals surface area contributed by atoms with Gasteiger partial charge in [-0.3, -0.25) is 0 Å². The van der Waals surface area contributed by atoms with Crippen LogP contribution in [0.15, 0.2) is 53.7 Å². The second-order valence-corrected chi connectivity index (χ2v) is 6.86. The van der Waals surface area contributed by atoms with Gasteiger partial charge in [0.25, 0.3) is 0 Å². The molecule has 27 heavy (non-hydrogen) atoms. The number of halogens is 1. The molecule has 140 valence electrons. The van der Waals surface area contributed by atoms with Gasteiger partial charge in [0.05, 0.1) is 30.1 Å². The monoisotopic (exact) mass is 390 g/mol. The third kappa shape index (κ3) is 4.65. The molecule has 0 spiro atoms. The van der Waals surface area contributed by atoms with Gasteiger partial charge in [-0.25, -0.2) is 27.9 Å². The van der Waals surface area contributed by atoms with Crippen molar-refractivity contribution in [3.8, 4) is 5.88 Å². The van der Waals surface area contributed by atoms with E-state index in [1.54, 1.807) is 18.2 Å². The molecule has 0 radical (unpaired) electrons. The molecule has 2 heterocycles. The summed E-state index contributed by atoms with van der Waals surface area (Å²) >= 11 is 0. The van der Waals surface area contributed by atoms with E-state index in [0.717, 1.165) is 6.20 Å². The number of anilines is 4. The van der Waals surface area contributed by atoms with E-state index in [9.17, 15) is 12.8 Å². The zero-order chi connectivity index (χ0) is 19.4. The number of hydrogen-bond donors (Lipinski definition) is 3. The minimum absolute atomic E-state index is 0.0620. The first-order valence-corrected chi connectivity index (χ1v) is 9.09. The number of aromatic nitrogens is 3. The lowest BCUT2D eigenvalue weighted by Crippen LogP contribution is -2.12. The normalized spacial score (nSPS) is 11.1. The maximum absolute atomic E-state index is 14.0. The van der Waals surface area contributed by atoms with Gasteiger partial charge in [-0.05, 0) is 24.3 Å². The number of hydrogen-bond acceptors (Lipinski definition) is 8. The van der Waals surface area contributed by atoms with Gasteiger partial charge in [-0.15, -0.1) is 0 Å². The average Bonchev–Trinajstić information content (AvgIpc) is 2.65. The Morgan fingerprint density at radius 2 is 1.89 bits per heavy atom. The lowest BCUT2D eigenvalue weighted by atomic mass is 10.3. The molecule has 0 atom stereocenters. The van der Waals surface area contributed by atoms with Crippen molar-refractivity contribution in [2.45, 2.75) is 4.90 Å². The lowest BCUT2D eigenvalue weighted by molar-refractivity contribution is 0.398. The Hall–Kier alpha value is -3.31. The molecule has 0 saturated heterocycles. The maximum Gasteiger partial charge on any atom is 0.238 e. The fraction of sp³-hybridized carbons (Fsp3) is 0.0625. The molecule has 4 N–H and O–H groups in total. The summed E-state index contributed by atoms with van der Waals surface area (Å²) in [6.07, 6.45) is 2.45. The number of benzene rings is 1. The molecule has 2 aromatic heterocycles. The molecule has 0 aliphatic carbocycles. The number of sulfonamides is 1. The summed E-state index contributed by atoms with van der Waals surface area (Å²) in [5.41, 5.74) is 0.876. The van der Waals surface area contributed by atoms with Crippen LogP contribution >= 0.6 is 0 Å². The van der Waals surface area contributed by atoms with Crippen LogP contribution in [-0.4, -0.2) is 30.5 Å². The van der Waals surface area contributed by atoms with Crippen molar-refractivity contribution < 1.29 is 17.5 Å². The van der Waals surface area contributed by atoms with Crippen LogP contribution in [0, 0.1) is 5.82 Å². The molecule has 3 rings (SSSR count). The molecule has 0 fully saturated rings. The Kier molecular flexibility index (Phi) is 5.14. The number of methoxy groups -OCH3 is 1. The SMILES string of the molecule is COc1ccc(Nc2nc(Nc3cccc(S(N)(=O)=O)c3)ncc2F)cn1. The largest absolute Gasteiger partial charge is 0.481 e. The molecule has 11 heteroatoms. The molecule has 3 aromatic rings. The highest BCUT2D eigenvalue weighted by atomic mass is 32.2. The summed E-state index contributed by atoms with van der Waals surface area (Å²) < 4.78 is 41.8. The molecule has 0 bridgehead atoms. The van der Waals surface area contributed by atoms with E-state index in [0.29, 0.717) is 17.3 Å². The van der Waals surface area contributed by atoms with E-state index >= 15 is 0 Å². The number of rotatable bonds is 6. The molecule has 1 aromatic carbocycles. The summed E-state index contributed by atoms with van der Waals surface area (Å²) in [5.74, 6) is -0.274. The maximum atomic E-state index is 14.0. The van der Waals surface area contributed by atoms with E-state index in [1.807, 2.05) is 0 Å². The first-order valence-electron chi connectivity index (χ1n) is 7.54. The number of ether oxygens (including phenoxy) is 1. The predicted molar refractivity (Wildman–Crippen MR) is 97.2 cm³/mol. The van der Waals surface area contributed by atoms with Crippen LogP contribution in [0.1, 0.15) is 0 Å². The van der Waals surface area contributed by atoms with E-state index in [1.165, 1.54) is 31.5 Å². The Labute approximate surface area is 154 Å². The Bertz CT molecular complexity index is 1060. The highest BCUT2D eigenvalue weighted by Crippen LogP contribution is 2.22. The Morgan fingerprint density at radius 1 is 1.07 bits per heavy atom. The Morgan fingerprint density at radius 3 is 2.56 bits per heavy atom. The van der Waals surface area contributed by atoms with Crippen molar-refractivity contribution in [1.82, 2.24) is 15.0 Å². The number of primary sulfonamides is 1. The molecule has 0 amide bonds. The van der Waals surface area contributed by atoms with E-state index in [-0.39, 0.29) is 16.7 Å². The first kappa shape index (κ1) is 18.5. The van der Waals surface area contributed by atoms with Crippen LogP contribution in [0.3, 0.4) is 0 Å². The average molecular weight is 390 g/mol. The molecule has 0 saturated carbocycles. The highest BCUT2D eigenvalue weighted by Gasteiger charge is 2.11. The van der Waals surface area contributed by atoms with Gasteiger partial charge >= 0.3 is 0 Å². The fourth-order valence-electron chi connectivity index (χ4n) is 2.11. The van der Waals surface area contributed by atoms with Gasteiger partial charge in [0.2, 0.25) is 21.9 Å². The first-order chi connectivity index (χ1) is 12.8. The van der Waals surface area contributed by atoms with Crippen LogP contribution < -0.4 is 20.5 Å². The number of nitrogens with zero attached hydrogens (tertiary/aromatic N) is 3. The molecule has 9 nitrogen and oxygen atoms in total. The second kappa shape index (κ2) is 7.51. The molecular formula is C16H15FN6O3S. The van der Waals surface area contributed by atoms with Crippen LogP contribution in [0.2, 0.25) is 0 Å². The van der Waals surface area contributed by atoms with Crippen LogP contribution in [-0.2, 0) is 10.0 Å². The fourth-order valence-corrected chi connectivity index (χ4v) is 2.67. The zero-order valence-corrected chi connectivity index (χ0v) is 14.9. The topological polar surface area (TPSA) is 132 Å². The number of pyridine rings is 1. The standard InChI is InChI=1S/C16H15FN6O3S/c1-26-14-6-5-11(8-19-14)21-15-13(17)9-20-16(23-15)22-10-3-2-4-12(7-10)27(18,24)25/h2-9H,1H3,(H2,18,24,25)(H2,20,21,22,23). The predicted octanol–water partition coefficient (Wildman–Crippen LogP) is 2.15. The minimum Gasteiger partial charge on any atom is -0.481 e. The van der Waals surface area contributed by atoms with Gasteiger partial charge in [0.15, 0.2) is 11.6 Å². The van der Waals surface area contributed by atoms with Crippen molar-refractivity contribution in [2.75, 3.05) is 17.7 Å². The van der Waals surface area contributed by atoms with Crippen molar-refractivity contribution >= 4 is 33.2 Å². The van der Waals surface area contributed by atoms with Gasteiger partial charge in [0.1, 0.15) is 0 Å². The highest BCUT2D eigenvalue weighted by molar-refractivity contribution is 7.89. The van der Waals surface area contributed by atoms with Crippen molar-refractivity contribution in [3.05, 3.63) is 54.6 Å². The summed E-state index contributed by atoms with van der Waals surface area (Å²) in [6.45, 7) is 0.